The van der Waals surface area contributed by atoms with Gasteiger partial charge in [0.2, 0.25) is 0 Å². The van der Waals surface area contributed by atoms with Crippen LogP contribution in [0.1, 0.15) is 30.2 Å². The number of pyridine rings is 1. The number of aromatic nitrogens is 1. The molecule has 7 aromatic rings. The first-order valence-corrected chi connectivity index (χ1v) is 16.7. The maximum Gasteiger partial charge on any atom is 0.0720 e. The average Bonchev–Trinajstić information content (AvgIpc) is 3.13. The Morgan fingerprint density at radius 3 is 2.02 bits per heavy atom. The summed E-state index contributed by atoms with van der Waals surface area (Å²) in [6, 6.07) is 42.8. The Balaban J connectivity index is 1.28. The van der Waals surface area contributed by atoms with Gasteiger partial charge in [-0.3, -0.25) is 9.98 Å². The second-order valence-corrected chi connectivity index (χ2v) is 12.9. The Morgan fingerprint density at radius 1 is 0.617 bits per heavy atom. The Bertz CT molecular complexity index is 2400. The summed E-state index contributed by atoms with van der Waals surface area (Å²) >= 11 is 0. The quantitative estimate of drug-likeness (QED) is 0.184. The van der Waals surface area contributed by atoms with Crippen molar-refractivity contribution < 1.29 is 0 Å². The predicted octanol–water partition coefficient (Wildman–Crippen LogP) is 11.6. The van der Waals surface area contributed by atoms with E-state index in [1.165, 1.54) is 76.8 Å². The topological polar surface area (TPSA) is 25.2 Å². The van der Waals surface area contributed by atoms with E-state index in [4.69, 9.17) is 4.98 Å². The molecule has 1 aliphatic carbocycles. The lowest BCUT2D eigenvalue weighted by molar-refractivity contribution is 0.717. The summed E-state index contributed by atoms with van der Waals surface area (Å²) in [7, 11) is 0. The molecule has 0 bridgehead atoms. The SMILES string of the molecule is CC1C=Cc2cc(-c3c4ccccc4c(-c4cccc5c(-c6ccnc(C7=CCCN=C7)c6)cccc45)c4ccccc34)ccc2C1. The van der Waals surface area contributed by atoms with Gasteiger partial charge in [0.25, 0.3) is 0 Å². The van der Waals surface area contributed by atoms with Gasteiger partial charge < -0.3 is 0 Å². The molecule has 1 atom stereocenters. The van der Waals surface area contributed by atoms with Crippen molar-refractivity contribution >= 4 is 50.2 Å². The Morgan fingerprint density at radius 2 is 1.30 bits per heavy atom. The molecule has 2 nitrogen and oxygen atoms in total. The first-order valence-electron chi connectivity index (χ1n) is 16.7. The van der Waals surface area contributed by atoms with Crippen LogP contribution >= 0.6 is 0 Å². The summed E-state index contributed by atoms with van der Waals surface area (Å²) in [5.74, 6) is 0.583. The van der Waals surface area contributed by atoms with Gasteiger partial charge in [0, 0.05) is 24.5 Å². The van der Waals surface area contributed by atoms with E-state index in [2.05, 4.69) is 145 Å². The number of hydrogen-bond acceptors (Lipinski definition) is 2. The zero-order valence-corrected chi connectivity index (χ0v) is 26.4. The molecule has 1 aliphatic heterocycles. The van der Waals surface area contributed by atoms with Gasteiger partial charge in [-0.1, -0.05) is 122 Å². The highest BCUT2D eigenvalue weighted by Gasteiger charge is 2.20. The lowest BCUT2D eigenvalue weighted by atomic mass is 9.83. The van der Waals surface area contributed by atoms with Gasteiger partial charge in [-0.25, -0.2) is 0 Å². The minimum absolute atomic E-state index is 0.583. The third-order valence-corrected chi connectivity index (χ3v) is 9.92. The molecule has 0 amide bonds. The van der Waals surface area contributed by atoms with Crippen molar-refractivity contribution in [3.8, 4) is 33.4 Å². The van der Waals surface area contributed by atoms with Gasteiger partial charge in [-0.05, 0) is 114 Å². The molecule has 0 N–H and O–H groups in total. The number of dihydropyridines is 1. The van der Waals surface area contributed by atoms with E-state index in [0.717, 1.165) is 30.7 Å². The van der Waals surface area contributed by atoms with Crippen molar-refractivity contribution in [2.45, 2.75) is 19.8 Å². The largest absolute Gasteiger partial charge is 0.292 e. The Hall–Kier alpha value is -5.60. The third-order valence-electron chi connectivity index (χ3n) is 9.92. The van der Waals surface area contributed by atoms with Crippen LogP contribution in [-0.2, 0) is 6.42 Å². The van der Waals surface area contributed by atoms with E-state index in [-0.39, 0.29) is 0 Å². The Kier molecular flexibility index (Phi) is 6.67. The number of benzene rings is 6. The number of nitrogens with zero attached hydrogens (tertiary/aromatic N) is 2. The van der Waals surface area contributed by atoms with Gasteiger partial charge in [0.1, 0.15) is 0 Å². The van der Waals surface area contributed by atoms with Crippen LogP contribution in [0.5, 0.6) is 0 Å². The van der Waals surface area contributed by atoms with Gasteiger partial charge in [-0.15, -0.1) is 0 Å². The monoisotopic (exact) mass is 602 g/mol. The molecular weight excluding hydrogens is 569 g/mol. The average molecular weight is 603 g/mol. The van der Waals surface area contributed by atoms with E-state index in [1.54, 1.807) is 0 Å². The molecule has 2 heteroatoms. The van der Waals surface area contributed by atoms with Gasteiger partial charge >= 0.3 is 0 Å². The minimum Gasteiger partial charge on any atom is -0.292 e. The van der Waals surface area contributed by atoms with Crippen LogP contribution in [0.3, 0.4) is 0 Å². The number of hydrogen-bond donors (Lipinski definition) is 0. The number of rotatable bonds is 4. The first kappa shape index (κ1) is 27.7. The van der Waals surface area contributed by atoms with Crippen molar-refractivity contribution in [3.05, 3.63) is 150 Å². The summed E-state index contributed by atoms with van der Waals surface area (Å²) < 4.78 is 0. The van der Waals surface area contributed by atoms with Crippen molar-refractivity contribution in [2.24, 2.45) is 10.9 Å². The summed E-state index contributed by atoms with van der Waals surface area (Å²) in [4.78, 5) is 9.19. The third kappa shape index (κ3) is 4.72. The molecule has 0 saturated carbocycles. The van der Waals surface area contributed by atoms with Crippen molar-refractivity contribution in [1.29, 1.82) is 0 Å². The lowest BCUT2D eigenvalue weighted by Crippen LogP contribution is -2.03. The number of allylic oxidation sites excluding steroid dienone is 2. The highest BCUT2D eigenvalue weighted by molar-refractivity contribution is 6.24. The Labute approximate surface area is 275 Å². The predicted molar refractivity (Wildman–Crippen MR) is 201 cm³/mol. The van der Waals surface area contributed by atoms with Crippen LogP contribution in [0, 0.1) is 5.92 Å². The molecule has 1 unspecified atom stereocenters. The maximum atomic E-state index is 4.70. The van der Waals surface area contributed by atoms with Crippen molar-refractivity contribution in [3.63, 3.8) is 0 Å². The van der Waals surface area contributed by atoms with Gasteiger partial charge in [0.15, 0.2) is 0 Å². The van der Waals surface area contributed by atoms with Crippen LogP contribution in [0.15, 0.2) is 139 Å². The van der Waals surface area contributed by atoms with E-state index < -0.39 is 0 Å². The normalized spacial score (nSPS) is 15.7. The molecule has 0 fully saturated rings. The highest BCUT2D eigenvalue weighted by Crippen LogP contribution is 2.46. The van der Waals surface area contributed by atoms with Crippen LogP contribution in [0.4, 0.5) is 0 Å². The van der Waals surface area contributed by atoms with E-state index in [1.807, 2.05) is 12.4 Å². The summed E-state index contributed by atoms with van der Waals surface area (Å²) in [5.41, 5.74) is 12.3. The zero-order valence-electron chi connectivity index (χ0n) is 26.4. The summed E-state index contributed by atoms with van der Waals surface area (Å²) in [6.45, 7) is 3.14. The molecule has 2 heterocycles. The second-order valence-electron chi connectivity index (χ2n) is 12.9. The van der Waals surface area contributed by atoms with Crippen LogP contribution in [0.2, 0.25) is 0 Å². The maximum absolute atomic E-state index is 4.70. The summed E-state index contributed by atoms with van der Waals surface area (Å²) in [6.07, 6.45) is 12.8. The fourth-order valence-corrected chi connectivity index (χ4v) is 7.72. The van der Waals surface area contributed by atoms with Crippen molar-refractivity contribution in [2.75, 3.05) is 6.54 Å². The summed E-state index contributed by atoms with van der Waals surface area (Å²) in [5, 5.41) is 7.60. The fourth-order valence-electron chi connectivity index (χ4n) is 7.72. The van der Waals surface area contributed by atoms with Crippen LogP contribution in [-0.4, -0.2) is 17.7 Å². The molecule has 0 radical (unpaired) electrons. The second kappa shape index (κ2) is 11.3. The minimum atomic E-state index is 0.583. The standard InChI is InChI=1S/C45H34N2/c1-29-18-19-31-26-33(21-20-30(31)25-29)44-39-10-2-4-12-41(39)45(42-13-5-3-11-40(42)44)38-17-7-15-36-35(14-6-16-37(36)38)32-22-24-47-43(27-32)34-9-8-23-46-28-34/h2-7,9-22,24,26-29H,8,23,25H2,1H3. The van der Waals surface area contributed by atoms with Crippen LogP contribution in [0.25, 0.3) is 77.3 Å². The molecule has 224 valence electrons. The molecule has 0 spiro atoms. The highest BCUT2D eigenvalue weighted by atomic mass is 14.7. The van der Waals surface area contributed by atoms with Gasteiger partial charge in [0.05, 0.1) is 5.69 Å². The smallest absolute Gasteiger partial charge is 0.0720 e. The fraction of sp³-hybridized carbons (Fsp3) is 0.111. The molecule has 1 aromatic heterocycles. The number of aliphatic imine (C=N–C) groups is 1. The van der Waals surface area contributed by atoms with Gasteiger partial charge in [-0.2, -0.15) is 0 Å². The van der Waals surface area contributed by atoms with E-state index in [9.17, 15) is 0 Å². The zero-order chi connectivity index (χ0) is 31.3. The molecular formula is C45H34N2. The molecule has 6 aromatic carbocycles. The molecule has 2 aliphatic rings. The lowest BCUT2D eigenvalue weighted by Gasteiger charge is -2.21. The van der Waals surface area contributed by atoms with E-state index >= 15 is 0 Å². The number of fused-ring (bicyclic) bond motifs is 4. The van der Waals surface area contributed by atoms with E-state index in [0.29, 0.717) is 5.92 Å². The van der Waals surface area contributed by atoms with Crippen LogP contribution < -0.4 is 0 Å². The molecule has 0 saturated heterocycles. The molecule has 9 rings (SSSR count). The molecule has 47 heavy (non-hydrogen) atoms. The van der Waals surface area contributed by atoms with Crippen molar-refractivity contribution in [1.82, 2.24) is 4.98 Å². The first-order chi connectivity index (χ1) is 23.2.